The van der Waals surface area contributed by atoms with Crippen molar-refractivity contribution >= 4 is 34.2 Å². The second-order valence-electron chi connectivity index (χ2n) is 8.05. The summed E-state index contributed by atoms with van der Waals surface area (Å²) in [6, 6.07) is 13.4. The quantitative estimate of drug-likeness (QED) is 0.397. The molecule has 4 rings (SSSR count). The largest absolute Gasteiger partial charge is 0.416 e. The van der Waals surface area contributed by atoms with Crippen molar-refractivity contribution in [3.63, 3.8) is 0 Å². The van der Waals surface area contributed by atoms with E-state index in [2.05, 4.69) is 15.6 Å². The summed E-state index contributed by atoms with van der Waals surface area (Å²) >= 11 is 0. The van der Waals surface area contributed by atoms with Crippen molar-refractivity contribution in [2.45, 2.75) is 26.6 Å². The smallest absolute Gasteiger partial charge is 0.332 e. The van der Waals surface area contributed by atoms with Crippen molar-refractivity contribution in [3.8, 4) is 0 Å². The van der Waals surface area contributed by atoms with Crippen LogP contribution in [0.5, 0.6) is 0 Å². The predicted molar refractivity (Wildman–Crippen MR) is 130 cm³/mol. The Balaban J connectivity index is 1.57. The average Bonchev–Trinajstić information content (AvgIpc) is 2.84. The van der Waals surface area contributed by atoms with Gasteiger partial charge in [-0.1, -0.05) is 12.1 Å². The van der Waals surface area contributed by atoms with E-state index in [0.29, 0.717) is 17.6 Å². The average molecular weight is 494 g/mol. The number of hydrogen-bond donors (Lipinski definition) is 2. The second kappa shape index (κ2) is 9.65. The minimum Gasteiger partial charge on any atom is -0.332 e. The number of nitrogens with one attached hydrogen (secondary N) is 2. The lowest BCUT2D eigenvalue weighted by Gasteiger charge is -2.12. The molecule has 0 saturated carbocycles. The van der Waals surface area contributed by atoms with E-state index in [1.807, 2.05) is 6.92 Å². The molecule has 2 N–H and O–H groups in total. The summed E-state index contributed by atoms with van der Waals surface area (Å²) in [5.41, 5.74) is 0.0839. The monoisotopic (exact) mass is 494 g/mol. The van der Waals surface area contributed by atoms with E-state index in [0.717, 1.165) is 17.8 Å². The first-order valence-corrected chi connectivity index (χ1v) is 11.0. The van der Waals surface area contributed by atoms with Crippen molar-refractivity contribution in [1.82, 2.24) is 9.55 Å². The van der Waals surface area contributed by atoms with Gasteiger partial charge in [0.2, 0.25) is 5.43 Å². The van der Waals surface area contributed by atoms with Crippen LogP contribution < -0.4 is 16.1 Å². The Hall–Kier alpha value is -4.47. The Morgan fingerprint density at radius 3 is 2.31 bits per heavy atom. The van der Waals surface area contributed by atoms with E-state index in [4.69, 9.17) is 0 Å². The van der Waals surface area contributed by atoms with Crippen LogP contribution in [0.4, 0.5) is 24.5 Å². The summed E-state index contributed by atoms with van der Waals surface area (Å²) in [4.78, 5) is 43.0. The molecular weight excluding hydrogens is 473 g/mol. The van der Waals surface area contributed by atoms with Crippen LogP contribution in [0.2, 0.25) is 0 Å². The molecule has 184 valence electrons. The van der Waals surface area contributed by atoms with Crippen LogP contribution in [0.15, 0.2) is 71.7 Å². The van der Waals surface area contributed by atoms with Crippen molar-refractivity contribution < 1.29 is 22.8 Å². The molecule has 0 aliphatic carbocycles. The third-order valence-electron chi connectivity index (χ3n) is 5.48. The summed E-state index contributed by atoms with van der Waals surface area (Å²) in [7, 11) is 0. The topological polar surface area (TPSA) is 93.1 Å². The minimum absolute atomic E-state index is 0.0237. The number of fused-ring (bicyclic) bond motifs is 1. The molecule has 0 aliphatic rings. The zero-order valence-electron chi connectivity index (χ0n) is 19.3. The van der Waals surface area contributed by atoms with Crippen LogP contribution in [0.1, 0.15) is 38.9 Å². The van der Waals surface area contributed by atoms with E-state index in [9.17, 15) is 27.6 Å². The van der Waals surface area contributed by atoms with E-state index in [1.54, 1.807) is 23.6 Å². The van der Waals surface area contributed by atoms with Gasteiger partial charge in [0.25, 0.3) is 11.8 Å². The molecule has 0 atom stereocenters. The molecule has 0 saturated heterocycles. The Kier molecular flexibility index (Phi) is 6.61. The van der Waals surface area contributed by atoms with Gasteiger partial charge in [0.05, 0.1) is 10.9 Å². The zero-order chi connectivity index (χ0) is 26.0. The lowest BCUT2D eigenvalue weighted by Crippen LogP contribution is -2.24. The maximum atomic E-state index is 13.0. The van der Waals surface area contributed by atoms with Crippen molar-refractivity contribution in [1.29, 1.82) is 0 Å². The number of carbonyl (C=O) groups excluding carboxylic acids is 2. The number of aryl methyl sites for hydroxylation is 2. The fraction of sp³-hybridized carbons (Fsp3) is 0.154. The molecule has 2 heterocycles. The van der Waals surface area contributed by atoms with Crippen molar-refractivity contribution in [2.75, 3.05) is 10.6 Å². The minimum atomic E-state index is -4.54. The Morgan fingerprint density at radius 2 is 1.61 bits per heavy atom. The molecular formula is C26H21F3N4O3. The summed E-state index contributed by atoms with van der Waals surface area (Å²) < 4.78 is 40.5. The number of carbonyl (C=O) groups is 2. The Labute approximate surface area is 203 Å². The van der Waals surface area contributed by atoms with Gasteiger partial charge in [0, 0.05) is 35.4 Å². The standard InChI is InChI=1S/C26H21F3N4O3/c1-3-33-14-21(22(34)20-11-10-15(2)30-23(20)33)25(36)32-18-8-4-6-16(12-18)24(35)31-19-9-5-7-17(13-19)26(27,28)29/h4-14H,3H2,1-2H3,(H,31,35)(H,32,36). The molecule has 4 aromatic rings. The van der Waals surface area contributed by atoms with Gasteiger partial charge in [0.1, 0.15) is 11.2 Å². The number of aromatic nitrogens is 2. The van der Waals surface area contributed by atoms with Gasteiger partial charge >= 0.3 is 6.18 Å². The third-order valence-corrected chi connectivity index (χ3v) is 5.48. The first kappa shape index (κ1) is 24.6. The third kappa shape index (κ3) is 5.12. The number of anilines is 2. The van der Waals surface area contributed by atoms with E-state index in [1.165, 1.54) is 42.6 Å². The molecule has 2 aromatic heterocycles. The number of rotatable bonds is 5. The normalized spacial score (nSPS) is 11.4. The van der Waals surface area contributed by atoms with E-state index >= 15 is 0 Å². The maximum absolute atomic E-state index is 13.0. The molecule has 2 aromatic carbocycles. The number of nitrogens with zero attached hydrogens (tertiary/aromatic N) is 2. The number of amides is 2. The molecule has 10 heteroatoms. The summed E-state index contributed by atoms with van der Waals surface area (Å²) in [6.45, 7) is 4.15. The number of hydrogen-bond acceptors (Lipinski definition) is 4. The molecule has 0 unspecified atom stereocenters. The van der Waals surface area contributed by atoms with Crippen LogP contribution in [0, 0.1) is 6.92 Å². The van der Waals surface area contributed by atoms with Crippen molar-refractivity contribution in [3.05, 3.63) is 99.5 Å². The molecule has 0 aliphatic heterocycles. The zero-order valence-corrected chi connectivity index (χ0v) is 19.3. The van der Waals surface area contributed by atoms with E-state index < -0.39 is 29.0 Å². The molecule has 2 amide bonds. The van der Waals surface area contributed by atoms with Crippen LogP contribution >= 0.6 is 0 Å². The van der Waals surface area contributed by atoms with Crippen LogP contribution in [0.25, 0.3) is 11.0 Å². The summed E-state index contributed by atoms with van der Waals surface area (Å²) in [5, 5.41) is 5.34. The van der Waals surface area contributed by atoms with Crippen molar-refractivity contribution in [2.24, 2.45) is 0 Å². The lowest BCUT2D eigenvalue weighted by molar-refractivity contribution is -0.137. The fourth-order valence-corrected chi connectivity index (χ4v) is 3.68. The molecule has 0 bridgehead atoms. The summed E-state index contributed by atoms with van der Waals surface area (Å²) in [6.07, 6.45) is -3.10. The molecule has 0 fully saturated rings. The highest BCUT2D eigenvalue weighted by molar-refractivity contribution is 6.08. The van der Waals surface area contributed by atoms with Gasteiger partial charge in [-0.25, -0.2) is 4.98 Å². The van der Waals surface area contributed by atoms with Gasteiger partial charge in [-0.3, -0.25) is 14.4 Å². The van der Waals surface area contributed by atoms with Gasteiger partial charge in [-0.05, 0) is 62.4 Å². The number of alkyl halides is 3. The SMILES string of the molecule is CCn1cc(C(=O)Nc2cccc(C(=O)Nc3cccc(C(F)(F)F)c3)c2)c(=O)c2ccc(C)nc21. The second-order valence-corrected chi connectivity index (χ2v) is 8.05. The number of benzene rings is 2. The first-order chi connectivity index (χ1) is 17.1. The first-order valence-electron chi connectivity index (χ1n) is 11.0. The van der Waals surface area contributed by atoms with Gasteiger partial charge < -0.3 is 15.2 Å². The van der Waals surface area contributed by atoms with Gasteiger partial charge in [-0.2, -0.15) is 13.2 Å². The maximum Gasteiger partial charge on any atom is 0.416 e. The van der Waals surface area contributed by atoms with E-state index in [-0.39, 0.29) is 22.5 Å². The molecule has 0 radical (unpaired) electrons. The Bertz CT molecular complexity index is 1540. The number of pyridine rings is 2. The Morgan fingerprint density at radius 1 is 0.944 bits per heavy atom. The van der Waals surface area contributed by atoms with Crippen LogP contribution in [0.3, 0.4) is 0 Å². The number of halogens is 3. The highest BCUT2D eigenvalue weighted by atomic mass is 19.4. The van der Waals surface area contributed by atoms with Crippen LogP contribution in [-0.2, 0) is 12.7 Å². The van der Waals surface area contributed by atoms with Crippen LogP contribution in [-0.4, -0.2) is 21.4 Å². The summed E-state index contributed by atoms with van der Waals surface area (Å²) in [5.74, 6) is -1.33. The fourth-order valence-electron chi connectivity index (χ4n) is 3.68. The van der Waals surface area contributed by atoms with Gasteiger partial charge in [-0.15, -0.1) is 0 Å². The highest BCUT2D eigenvalue weighted by Gasteiger charge is 2.30. The molecule has 7 nitrogen and oxygen atoms in total. The molecule has 0 spiro atoms. The van der Waals surface area contributed by atoms with Gasteiger partial charge in [0.15, 0.2) is 0 Å². The lowest BCUT2D eigenvalue weighted by atomic mass is 10.1. The predicted octanol–water partition coefficient (Wildman–Crippen LogP) is 5.25. The molecule has 36 heavy (non-hydrogen) atoms. The highest BCUT2D eigenvalue weighted by Crippen LogP contribution is 2.30.